The second-order valence-electron chi connectivity index (χ2n) is 7.21. The number of methoxy groups -OCH3 is 1. The third kappa shape index (κ3) is 6.31. The van der Waals surface area contributed by atoms with E-state index in [0.717, 1.165) is 30.0 Å². The quantitative estimate of drug-likeness (QED) is 0.498. The maximum atomic E-state index is 12.2. The molecule has 31 heavy (non-hydrogen) atoms. The third-order valence-electron chi connectivity index (χ3n) is 5.17. The molecule has 7 heteroatoms. The molecule has 0 aliphatic rings. The van der Waals surface area contributed by atoms with Gasteiger partial charge in [-0.05, 0) is 62.2 Å². The fourth-order valence-electron chi connectivity index (χ4n) is 3.32. The summed E-state index contributed by atoms with van der Waals surface area (Å²) in [5.41, 5.74) is 3.15. The summed E-state index contributed by atoms with van der Waals surface area (Å²) in [5.74, 6) is 1.86. The Bertz CT molecular complexity index is 948. The van der Waals surface area contributed by atoms with Crippen molar-refractivity contribution in [1.82, 2.24) is 15.5 Å². The Morgan fingerprint density at radius 3 is 2.42 bits per heavy atom. The standard InChI is InChI=1S/C24H30N4O3/c1-4-28(5-2)20-13-9-18(10-14-20)17-25-22(29)7-6-8-23-26-24(27-31-23)19-11-15-21(30-3)16-12-19/h9-16H,4-8,17H2,1-3H3,(H,25,29). The Hall–Kier alpha value is -3.35. The summed E-state index contributed by atoms with van der Waals surface area (Å²) in [6, 6.07) is 15.8. The van der Waals surface area contributed by atoms with Crippen LogP contribution in [0.5, 0.6) is 5.75 Å². The number of carbonyl (C=O) groups is 1. The van der Waals surface area contributed by atoms with Gasteiger partial charge in [-0.25, -0.2) is 0 Å². The Labute approximate surface area is 183 Å². The number of amides is 1. The van der Waals surface area contributed by atoms with Gasteiger partial charge in [-0.15, -0.1) is 0 Å². The maximum absolute atomic E-state index is 12.2. The van der Waals surface area contributed by atoms with E-state index in [-0.39, 0.29) is 5.91 Å². The normalized spacial score (nSPS) is 10.7. The van der Waals surface area contributed by atoms with Crippen LogP contribution in [-0.4, -0.2) is 36.2 Å². The number of hydrogen-bond acceptors (Lipinski definition) is 6. The molecule has 0 unspecified atom stereocenters. The molecule has 0 radical (unpaired) electrons. The predicted molar refractivity (Wildman–Crippen MR) is 121 cm³/mol. The van der Waals surface area contributed by atoms with Crippen LogP contribution in [0.1, 0.15) is 38.1 Å². The van der Waals surface area contributed by atoms with Crippen molar-refractivity contribution in [3.8, 4) is 17.1 Å². The first-order valence-electron chi connectivity index (χ1n) is 10.7. The first-order valence-corrected chi connectivity index (χ1v) is 10.7. The lowest BCUT2D eigenvalue weighted by Crippen LogP contribution is -2.23. The van der Waals surface area contributed by atoms with Crippen molar-refractivity contribution in [1.29, 1.82) is 0 Å². The molecule has 7 nitrogen and oxygen atoms in total. The van der Waals surface area contributed by atoms with Crippen LogP contribution in [0.2, 0.25) is 0 Å². The number of ether oxygens (including phenoxy) is 1. The minimum atomic E-state index is 0.0164. The predicted octanol–water partition coefficient (Wildman–Crippen LogP) is 4.23. The molecule has 0 fully saturated rings. The number of nitrogens with one attached hydrogen (secondary N) is 1. The van der Waals surface area contributed by atoms with E-state index in [4.69, 9.17) is 9.26 Å². The summed E-state index contributed by atoms with van der Waals surface area (Å²) >= 11 is 0. The molecule has 1 N–H and O–H groups in total. The van der Waals surface area contributed by atoms with Crippen molar-refractivity contribution >= 4 is 11.6 Å². The lowest BCUT2D eigenvalue weighted by molar-refractivity contribution is -0.121. The van der Waals surface area contributed by atoms with E-state index >= 15 is 0 Å². The average molecular weight is 423 g/mol. The number of aromatic nitrogens is 2. The van der Waals surface area contributed by atoms with Crippen LogP contribution < -0.4 is 15.0 Å². The van der Waals surface area contributed by atoms with Crippen LogP contribution in [0, 0.1) is 0 Å². The smallest absolute Gasteiger partial charge is 0.226 e. The van der Waals surface area contributed by atoms with Crippen molar-refractivity contribution in [2.24, 2.45) is 0 Å². The van der Waals surface area contributed by atoms with Crippen molar-refractivity contribution in [3.05, 3.63) is 60.0 Å². The van der Waals surface area contributed by atoms with Gasteiger partial charge in [0.05, 0.1) is 7.11 Å². The zero-order chi connectivity index (χ0) is 22.1. The van der Waals surface area contributed by atoms with Gasteiger partial charge in [0.15, 0.2) is 0 Å². The lowest BCUT2D eigenvalue weighted by atomic mass is 10.2. The first kappa shape index (κ1) is 22.3. The largest absolute Gasteiger partial charge is 0.497 e. The third-order valence-corrected chi connectivity index (χ3v) is 5.17. The highest BCUT2D eigenvalue weighted by atomic mass is 16.5. The van der Waals surface area contributed by atoms with E-state index in [1.54, 1.807) is 7.11 Å². The number of hydrogen-bond donors (Lipinski definition) is 1. The summed E-state index contributed by atoms with van der Waals surface area (Å²) in [6.45, 7) is 6.78. The molecule has 0 atom stereocenters. The van der Waals surface area contributed by atoms with Gasteiger partial charge in [-0.3, -0.25) is 4.79 Å². The van der Waals surface area contributed by atoms with Crippen LogP contribution >= 0.6 is 0 Å². The fraction of sp³-hybridized carbons (Fsp3) is 0.375. The molecule has 0 saturated carbocycles. The number of carbonyl (C=O) groups excluding carboxylic acids is 1. The monoisotopic (exact) mass is 422 g/mol. The maximum Gasteiger partial charge on any atom is 0.226 e. The van der Waals surface area contributed by atoms with Gasteiger partial charge < -0.3 is 19.5 Å². The van der Waals surface area contributed by atoms with E-state index in [9.17, 15) is 4.79 Å². The topological polar surface area (TPSA) is 80.5 Å². The Morgan fingerprint density at radius 2 is 1.77 bits per heavy atom. The second-order valence-corrected chi connectivity index (χ2v) is 7.21. The van der Waals surface area contributed by atoms with E-state index < -0.39 is 0 Å². The minimum absolute atomic E-state index is 0.0164. The number of nitrogens with zero attached hydrogens (tertiary/aromatic N) is 3. The fourth-order valence-corrected chi connectivity index (χ4v) is 3.32. The molecule has 3 rings (SSSR count). The molecule has 0 spiro atoms. The number of anilines is 1. The first-order chi connectivity index (χ1) is 15.1. The molecule has 0 aliphatic heterocycles. The van der Waals surface area contributed by atoms with E-state index in [1.807, 2.05) is 24.3 Å². The number of aryl methyl sites for hydroxylation is 1. The van der Waals surface area contributed by atoms with Gasteiger partial charge in [0.25, 0.3) is 0 Å². The van der Waals surface area contributed by atoms with E-state index in [2.05, 4.69) is 58.5 Å². The Kier molecular flexibility index (Phi) is 8.04. The summed E-state index contributed by atoms with van der Waals surface area (Å²) in [5, 5.41) is 6.99. The molecule has 164 valence electrons. The van der Waals surface area contributed by atoms with Gasteiger partial charge >= 0.3 is 0 Å². The molecule has 0 saturated heterocycles. The molecular weight excluding hydrogens is 392 g/mol. The van der Waals surface area contributed by atoms with Gasteiger partial charge in [-0.2, -0.15) is 4.98 Å². The van der Waals surface area contributed by atoms with E-state index in [1.165, 1.54) is 5.69 Å². The Morgan fingerprint density at radius 1 is 1.06 bits per heavy atom. The van der Waals surface area contributed by atoms with Gasteiger partial charge in [0.1, 0.15) is 5.75 Å². The molecule has 1 aromatic heterocycles. The van der Waals surface area contributed by atoms with Crippen LogP contribution in [0.4, 0.5) is 5.69 Å². The Balaban J connectivity index is 1.41. The second kappa shape index (κ2) is 11.2. The highest BCUT2D eigenvalue weighted by molar-refractivity contribution is 5.75. The zero-order valence-electron chi connectivity index (χ0n) is 18.4. The number of benzene rings is 2. The number of rotatable bonds is 11. The van der Waals surface area contributed by atoms with Crippen LogP contribution in [0.15, 0.2) is 53.1 Å². The molecular formula is C24H30N4O3. The van der Waals surface area contributed by atoms with Gasteiger partial charge in [0, 0.05) is 43.7 Å². The molecule has 3 aromatic rings. The molecule has 0 aliphatic carbocycles. The lowest BCUT2D eigenvalue weighted by Gasteiger charge is -2.21. The van der Waals surface area contributed by atoms with Crippen LogP contribution in [0.3, 0.4) is 0 Å². The average Bonchev–Trinajstić information content (AvgIpc) is 3.28. The van der Waals surface area contributed by atoms with Crippen molar-refractivity contribution in [2.45, 2.75) is 39.7 Å². The highest BCUT2D eigenvalue weighted by Crippen LogP contribution is 2.20. The summed E-state index contributed by atoms with van der Waals surface area (Å²) in [6.07, 6.45) is 1.63. The van der Waals surface area contributed by atoms with Crippen LogP contribution in [0.25, 0.3) is 11.4 Å². The van der Waals surface area contributed by atoms with Crippen molar-refractivity contribution < 1.29 is 14.1 Å². The van der Waals surface area contributed by atoms with Gasteiger partial charge in [-0.1, -0.05) is 17.3 Å². The molecule has 1 amide bonds. The minimum Gasteiger partial charge on any atom is -0.497 e. The molecule has 2 aromatic carbocycles. The molecule has 0 bridgehead atoms. The van der Waals surface area contributed by atoms with Crippen molar-refractivity contribution in [2.75, 3.05) is 25.1 Å². The summed E-state index contributed by atoms with van der Waals surface area (Å²) in [7, 11) is 1.63. The summed E-state index contributed by atoms with van der Waals surface area (Å²) < 4.78 is 10.5. The highest BCUT2D eigenvalue weighted by Gasteiger charge is 2.10. The molecule has 1 heterocycles. The van der Waals surface area contributed by atoms with Crippen LogP contribution in [-0.2, 0) is 17.8 Å². The van der Waals surface area contributed by atoms with E-state index in [0.29, 0.717) is 37.5 Å². The SMILES string of the molecule is CCN(CC)c1ccc(CNC(=O)CCCc2nc(-c3ccc(OC)cc3)no2)cc1. The van der Waals surface area contributed by atoms with Gasteiger partial charge in [0.2, 0.25) is 17.6 Å². The van der Waals surface area contributed by atoms with Crippen molar-refractivity contribution in [3.63, 3.8) is 0 Å². The summed E-state index contributed by atoms with van der Waals surface area (Å²) in [4.78, 5) is 18.9. The zero-order valence-corrected chi connectivity index (χ0v) is 18.4.